The zero-order valence-corrected chi connectivity index (χ0v) is 12.3. The van der Waals surface area contributed by atoms with E-state index in [0.29, 0.717) is 15.9 Å². The number of hydrogen-bond acceptors (Lipinski definition) is 4. The molecule has 0 aliphatic heterocycles. The monoisotopic (exact) mass is 347 g/mol. The van der Waals surface area contributed by atoms with Gasteiger partial charge in [0.1, 0.15) is 5.82 Å². The van der Waals surface area contributed by atoms with Crippen LogP contribution in [-0.2, 0) is 4.79 Å². The molecule has 0 spiro atoms. The molecule has 1 N–H and O–H groups in total. The second-order valence-electron chi connectivity index (χ2n) is 4.01. The lowest BCUT2D eigenvalue weighted by Gasteiger charge is -2.02. The van der Waals surface area contributed by atoms with E-state index in [1.54, 1.807) is 30.5 Å². The van der Waals surface area contributed by atoms with Crippen molar-refractivity contribution in [2.45, 2.75) is 0 Å². The van der Waals surface area contributed by atoms with Crippen molar-refractivity contribution < 1.29 is 9.72 Å². The van der Waals surface area contributed by atoms with Gasteiger partial charge in [-0.15, -0.1) is 0 Å². The van der Waals surface area contributed by atoms with E-state index in [-0.39, 0.29) is 11.6 Å². The fourth-order valence-electron chi connectivity index (χ4n) is 1.55. The molecule has 0 aliphatic rings. The summed E-state index contributed by atoms with van der Waals surface area (Å²) < 4.78 is 0.669. The number of pyridine rings is 1. The number of amides is 1. The van der Waals surface area contributed by atoms with E-state index in [0.717, 1.165) is 0 Å². The molecule has 1 heterocycles. The minimum Gasteiger partial charge on any atom is -0.306 e. The smallest absolute Gasteiger partial charge is 0.270 e. The van der Waals surface area contributed by atoms with E-state index in [4.69, 9.17) is 0 Å². The maximum absolute atomic E-state index is 11.8. The second-order valence-corrected chi connectivity index (χ2v) is 4.86. The normalized spacial score (nSPS) is 10.5. The highest BCUT2D eigenvalue weighted by Gasteiger charge is 2.05. The van der Waals surface area contributed by atoms with Crippen LogP contribution >= 0.6 is 15.9 Å². The molecule has 2 rings (SSSR count). The molecule has 0 unspecified atom stereocenters. The van der Waals surface area contributed by atoms with Gasteiger partial charge >= 0.3 is 0 Å². The summed E-state index contributed by atoms with van der Waals surface area (Å²) in [5.41, 5.74) is 0.546. The first-order chi connectivity index (χ1) is 10.1. The topological polar surface area (TPSA) is 85.1 Å². The predicted molar refractivity (Wildman–Crippen MR) is 82.7 cm³/mol. The summed E-state index contributed by atoms with van der Waals surface area (Å²) in [7, 11) is 0. The highest BCUT2D eigenvalue weighted by molar-refractivity contribution is 9.10. The molecule has 2 aromatic rings. The number of benzene rings is 1. The lowest BCUT2D eigenvalue weighted by Crippen LogP contribution is -2.09. The maximum atomic E-state index is 11.8. The number of aromatic nitrogens is 1. The van der Waals surface area contributed by atoms with Crippen LogP contribution < -0.4 is 5.32 Å². The van der Waals surface area contributed by atoms with E-state index >= 15 is 0 Å². The molecule has 0 atom stereocenters. The SMILES string of the molecule is O=C(C=Cc1cccc([N+](=O)[O-])c1)Nc1ncccc1Br. The van der Waals surface area contributed by atoms with Crippen molar-refractivity contribution in [3.8, 4) is 0 Å². The number of nitro groups is 1. The third-order valence-electron chi connectivity index (χ3n) is 2.51. The number of carbonyl (C=O) groups is 1. The first kappa shape index (κ1) is 14.9. The molecule has 1 amide bonds. The van der Waals surface area contributed by atoms with E-state index in [9.17, 15) is 14.9 Å². The molecule has 1 aromatic carbocycles. The minimum absolute atomic E-state index is 0.0231. The van der Waals surface area contributed by atoms with Gasteiger partial charge in [-0.05, 0) is 39.7 Å². The van der Waals surface area contributed by atoms with Crippen molar-refractivity contribution in [3.63, 3.8) is 0 Å². The first-order valence-electron chi connectivity index (χ1n) is 5.90. The fraction of sp³-hybridized carbons (Fsp3) is 0. The Balaban J connectivity index is 2.07. The van der Waals surface area contributed by atoms with E-state index in [1.165, 1.54) is 24.3 Å². The van der Waals surface area contributed by atoms with Gasteiger partial charge < -0.3 is 5.32 Å². The number of hydrogen-bond donors (Lipinski definition) is 1. The van der Waals surface area contributed by atoms with Gasteiger partial charge in [-0.1, -0.05) is 12.1 Å². The minimum atomic E-state index is -0.484. The van der Waals surface area contributed by atoms with Gasteiger partial charge in [-0.2, -0.15) is 0 Å². The molecule has 7 heteroatoms. The summed E-state index contributed by atoms with van der Waals surface area (Å²) in [5, 5.41) is 13.3. The highest BCUT2D eigenvalue weighted by Crippen LogP contribution is 2.18. The maximum Gasteiger partial charge on any atom is 0.270 e. The lowest BCUT2D eigenvalue weighted by molar-refractivity contribution is -0.384. The lowest BCUT2D eigenvalue weighted by atomic mass is 10.2. The van der Waals surface area contributed by atoms with E-state index < -0.39 is 4.92 Å². The molecule has 21 heavy (non-hydrogen) atoms. The molecule has 1 aromatic heterocycles. The summed E-state index contributed by atoms with van der Waals surface area (Å²) in [4.78, 5) is 25.9. The van der Waals surface area contributed by atoms with Crippen LogP contribution in [0.2, 0.25) is 0 Å². The van der Waals surface area contributed by atoms with Gasteiger partial charge in [0.25, 0.3) is 5.69 Å². The zero-order valence-electron chi connectivity index (χ0n) is 10.7. The number of non-ortho nitro benzene ring substituents is 1. The summed E-state index contributed by atoms with van der Waals surface area (Å²) in [5.74, 6) is 0.0344. The van der Waals surface area contributed by atoms with Crippen LogP contribution in [0.25, 0.3) is 6.08 Å². The Morgan fingerprint density at radius 1 is 1.33 bits per heavy atom. The number of nitrogens with one attached hydrogen (secondary N) is 1. The molecule has 0 radical (unpaired) electrons. The number of carbonyl (C=O) groups excluding carboxylic acids is 1. The number of nitrogens with zero attached hydrogens (tertiary/aromatic N) is 2. The predicted octanol–water partition coefficient (Wildman–Crippen LogP) is 3.40. The van der Waals surface area contributed by atoms with Crippen molar-refractivity contribution in [2.75, 3.05) is 5.32 Å². The van der Waals surface area contributed by atoms with Crippen LogP contribution in [0.5, 0.6) is 0 Å². The van der Waals surface area contributed by atoms with Crippen molar-refractivity contribution >= 4 is 39.4 Å². The molecule has 0 aliphatic carbocycles. The summed E-state index contributed by atoms with van der Waals surface area (Å²) in [6.07, 6.45) is 4.35. The van der Waals surface area contributed by atoms with Crippen LogP contribution in [0, 0.1) is 10.1 Å². The Kier molecular flexibility index (Phi) is 4.78. The van der Waals surface area contributed by atoms with Crippen molar-refractivity contribution in [1.29, 1.82) is 0 Å². The van der Waals surface area contributed by atoms with Crippen LogP contribution in [0.1, 0.15) is 5.56 Å². The molecular formula is C14H10BrN3O3. The largest absolute Gasteiger partial charge is 0.306 e. The Labute approximate surface area is 128 Å². The molecule has 6 nitrogen and oxygen atoms in total. The van der Waals surface area contributed by atoms with Crippen molar-refractivity contribution in [2.24, 2.45) is 0 Å². The van der Waals surface area contributed by atoms with Gasteiger partial charge in [0.2, 0.25) is 5.91 Å². The highest BCUT2D eigenvalue weighted by atomic mass is 79.9. The standard InChI is InChI=1S/C14H10BrN3O3/c15-12-5-2-8-16-14(12)17-13(19)7-6-10-3-1-4-11(9-10)18(20)21/h1-9H,(H,16,17,19). The summed E-state index contributed by atoms with van der Waals surface area (Å²) >= 11 is 3.27. The second kappa shape index (κ2) is 6.76. The Hall–Kier alpha value is -2.54. The molecular weight excluding hydrogens is 338 g/mol. The zero-order chi connectivity index (χ0) is 15.2. The molecule has 0 saturated carbocycles. The van der Waals surface area contributed by atoms with Gasteiger partial charge in [-0.25, -0.2) is 4.98 Å². The fourth-order valence-corrected chi connectivity index (χ4v) is 1.90. The van der Waals surface area contributed by atoms with E-state index in [1.807, 2.05) is 0 Å². The number of rotatable bonds is 4. The summed E-state index contributed by atoms with van der Waals surface area (Å²) in [6.45, 7) is 0. The number of anilines is 1. The Bertz CT molecular complexity index is 716. The van der Waals surface area contributed by atoms with Gasteiger partial charge in [0, 0.05) is 24.4 Å². The number of halogens is 1. The summed E-state index contributed by atoms with van der Waals surface area (Å²) in [6, 6.07) is 9.51. The third kappa shape index (κ3) is 4.22. The van der Waals surface area contributed by atoms with Crippen LogP contribution in [0.15, 0.2) is 53.1 Å². The van der Waals surface area contributed by atoms with Crippen molar-refractivity contribution in [3.05, 3.63) is 68.8 Å². The third-order valence-corrected chi connectivity index (χ3v) is 3.15. The molecule has 0 bridgehead atoms. The van der Waals surface area contributed by atoms with Crippen LogP contribution in [-0.4, -0.2) is 15.8 Å². The van der Waals surface area contributed by atoms with Gasteiger partial charge in [0.15, 0.2) is 0 Å². The number of nitro benzene ring substituents is 1. The Morgan fingerprint density at radius 2 is 2.14 bits per heavy atom. The quantitative estimate of drug-likeness (QED) is 0.521. The van der Waals surface area contributed by atoms with Crippen LogP contribution in [0.3, 0.4) is 0 Å². The molecule has 0 saturated heterocycles. The van der Waals surface area contributed by atoms with Gasteiger partial charge in [0.05, 0.1) is 9.40 Å². The molecule has 106 valence electrons. The van der Waals surface area contributed by atoms with Crippen molar-refractivity contribution in [1.82, 2.24) is 4.98 Å². The van der Waals surface area contributed by atoms with Gasteiger partial charge in [-0.3, -0.25) is 14.9 Å². The average molecular weight is 348 g/mol. The van der Waals surface area contributed by atoms with E-state index in [2.05, 4.69) is 26.2 Å². The Morgan fingerprint density at radius 3 is 2.86 bits per heavy atom. The molecule has 0 fully saturated rings. The average Bonchev–Trinajstić information content (AvgIpc) is 2.48. The van der Waals surface area contributed by atoms with Crippen LogP contribution in [0.4, 0.5) is 11.5 Å². The first-order valence-corrected chi connectivity index (χ1v) is 6.69.